The van der Waals surface area contributed by atoms with Crippen molar-refractivity contribution in [2.75, 3.05) is 6.61 Å². The number of nitrogens with zero attached hydrogens (tertiary/aromatic N) is 1. The van der Waals surface area contributed by atoms with Gasteiger partial charge in [-0.3, -0.25) is 14.3 Å². The third-order valence-electron chi connectivity index (χ3n) is 2.83. The molecule has 0 aromatic carbocycles. The summed E-state index contributed by atoms with van der Waals surface area (Å²) in [6.07, 6.45) is 4.01. The van der Waals surface area contributed by atoms with Gasteiger partial charge < -0.3 is 18.9 Å². The minimum atomic E-state index is -4.98. The minimum Gasteiger partial charge on any atom is -0.790 e. The predicted octanol–water partition coefficient (Wildman–Crippen LogP) is -1.36. The van der Waals surface area contributed by atoms with Gasteiger partial charge in [0.2, 0.25) is 0 Å². The molecular formula is C10H11N2O6P-2. The zero-order chi connectivity index (χ0) is 14.0. The van der Waals surface area contributed by atoms with Gasteiger partial charge in [0.15, 0.2) is 0 Å². The van der Waals surface area contributed by atoms with Crippen LogP contribution in [0.5, 0.6) is 0 Å². The molecule has 0 spiro atoms. The first-order valence-electron chi connectivity index (χ1n) is 5.51. The number of allylic oxidation sites excluding steroid dienone is 1. The molecule has 0 unspecified atom stereocenters. The van der Waals surface area contributed by atoms with E-state index in [-0.39, 0.29) is 12.6 Å². The summed E-state index contributed by atoms with van der Waals surface area (Å²) in [5, 5.41) is 0. The van der Waals surface area contributed by atoms with Gasteiger partial charge in [-0.1, -0.05) is 6.08 Å². The van der Waals surface area contributed by atoms with Crippen molar-refractivity contribution in [3.63, 3.8) is 0 Å². The summed E-state index contributed by atoms with van der Waals surface area (Å²) in [5.74, 6) is 0. The van der Waals surface area contributed by atoms with Gasteiger partial charge in [-0.05, 0) is 18.4 Å². The van der Waals surface area contributed by atoms with Gasteiger partial charge >= 0.3 is 5.69 Å². The fourth-order valence-electron chi connectivity index (χ4n) is 1.98. The molecule has 0 saturated carbocycles. The van der Waals surface area contributed by atoms with E-state index in [1.807, 2.05) is 0 Å². The highest BCUT2D eigenvalue weighted by Gasteiger charge is 2.19. The van der Waals surface area contributed by atoms with Crippen LogP contribution in [0.15, 0.2) is 33.5 Å². The van der Waals surface area contributed by atoms with Crippen LogP contribution >= 0.6 is 7.82 Å². The normalized spacial score (nSPS) is 19.5. The van der Waals surface area contributed by atoms with E-state index in [0.29, 0.717) is 18.4 Å². The SMILES string of the molecule is O=c1ccn([C@H]2CC=C(COP(=O)([O-])[O-])C2)c(=O)[nH]1. The molecule has 1 N–H and O–H groups in total. The topological polar surface area (TPSA) is 127 Å². The Bertz CT molecular complexity index is 654. The molecule has 0 aliphatic heterocycles. The molecule has 1 aliphatic carbocycles. The van der Waals surface area contributed by atoms with Gasteiger partial charge in [0.05, 0.1) is 14.4 Å². The van der Waals surface area contributed by atoms with E-state index >= 15 is 0 Å². The van der Waals surface area contributed by atoms with E-state index in [0.717, 1.165) is 0 Å². The van der Waals surface area contributed by atoms with E-state index in [4.69, 9.17) is 0 Å². The van der Waals surface area contributed by atoms with E-state index in [1.54, 1.807) is 6.08 Å². The second-order valence-electron chi connectivity index (χ2n) is 4.19. The smallest absolute Gasteiger partial charge is 0.328 e. The molecule has 2 rings (SSSR count). The first-order valence-corrected chi connectivity index (χ1v) is 6.97. The number of hydrogen-bond donors (Lipinski definition) is 1. The van der Waals surface area contributed by atoms with Crippen LogP contribution in [0.25, 0.3) is 0 Å². The summed E-state index contributed by atoms with van der Waals surface area (Å²) >= 11 is 0. The number of nitrogens with one attached hydrogen (secondary N) is 1. The van der Waals surface area contributed by atoms with Gasteiger partial charge in [-0.2, -0.15) is 0 Å². The Morgan fingerprint density at radius 2 is 2.21 bits per heavy atom. The first kappa shape index (κ1) is 14.0. The molecule has 0 bridgehead atoms. The van der Waals surface area contributed by atoms with E-state index in [1.165, 1.54) is 16.8 Å². The quantitative estimate of drug-likeness (QED) is 0.538. The molecule has 19 heavy (non-hydrogen) atoms. The van der Waals surface area contributed by atoms with Gasteiger partial charge in [0.1, 0.15) is 0 Å². The highest BCUT2D eigenvalue weighted by Crippen LogP contribution is 2.32. The molecule has 1 aromatic heterocycles. The lowest BCUT2D eigenvalue weighted by Gasteiger charge is -2.28. The average molecular weight is 286 g/mol. The molecule has 0 saturated heterocycles. The van der Waals surface area contributed by atoms with E-state index in [2.05, 4.69) is 9.51 Å². The molecule has 1 aliphatic rings. The fraction of sp³-hybridized carbons (Fsp3) is 0.400. The number of H-pyrrole nitrogens is 1. The molecule has 1 aromatic rings. The number of phosphoric ester groups is 1. The van der Waals surface area contributed by atoms with Crippen molar-refractivity contribution in [3.05, 3.63) is 44.8 Å². The zero-order valence-electron chi connectivity index (χ0n) is 9.77. The molecule has 0 fully saturated rings. The summed E-state index contributed by atoms with van der Waals surface area (Å²) < 4.78 is 15.9. The van der Waals surface area contributed by atoms with Crippen LogP contribution in [-0.4, -0.2) is 16.2 Å². The zero-order valence-corrected chi connectivity index (χ0v) is 10.7. The molecule has 1 heterocycles. The lowest BCUT2D eigenvalue weighted by Crippen LogP contribution is -2.30. The highest BCUT2D eigenvalue weighted by molar-refractivity contribution is 7.43. The van der Waals surface area contributed by atoms with Crippen LogP contribution in [0, 0.1) is 0 Å². The lowest BCUT2D eigenvalue weighted by molar-refractivity contribution is -0.341. The molecule has 1 atom stereocenters. The molecule has 104 valence electrons. The number of hydrogen-bond acceptors (Lipinski definition) is 6. The number of phosphoric acid groups is 1. The monoisotopic (exact) mass is 286 g/mol. The standard InChI is InChI=1S/C10H13N2O6P/c13-9-3-4-12(10(14)11-9)8-2-1-7(5-8)6-18-19(15,16)17/h1,3-4,8H,2,5-6H2,(H,11,13,14)(H2,15,16,17)/p-2/t8-/m0/s1. The Hall–Kier alpha value is -1.47. The summed E-state index contributed by atoms with van der Waals surface area (Å²) in [4.78, 5) is 45.3. The van der Waals surface area contributed by atoms with Gasteiger partial charge in [-0.15, -0.1) is 0 Å². The maximum atomic E-state index is 11.6. The van der Waals surface area contributed by atoms with Crippen molar-refractivity contribution in [1.29, 1.82) is 0 Å². The predicted molar refractivity (Wildman–Crippen MR) is 61.2 cm³/mol. The highest BCUT2D eigenvalue weighted by atomic mass is 31.2. The fourth-order valence-corrected chi connectivity index (χ4v) is 2.30. The van der Waals surface area contributed by atoms with Crippen LogP contribution in [0.1, 0.15) is 18.9 Å². The van der Waals surface area contributed by atoms with Crippen molar-refractivity contribution in [2.45, 2.75) is 18.9 Å². The largest absolute Gasteiger partial charge is 0.790 e. The molecule has 9 heteroatoms. The maximum absolute atomic E-state index is 11.6. The maximum Gasteiger partial charge on any atom is 0.328 e. The second-order valence-corrected chi connectivity index (χ2v) is 5.35. The van der Waals surface area contributed by atoms with Crippen molar-refractivity contribution < 1.29 is 18.9 Å². The van der Waals surface area contributed by atoms with Crippen LogP contribution in [-0.2, 0) is 9.09 Å². The van der Waals surface area contributed by atoms with E-state index < -0.39 is 19.1 Å². The van der Waals surface area contributed by atoms with Gasteiger partial charge in [0.25, 0.3) is 5.56 Å². The first-order chi connectivity index (χ1) is 8.85. The Morgan fingerprint density at radius 1 is 1.47 bits per heavy atom. The molecule has 8 nitrogen and oxygen atoms in total. The average Bonchev–Trinajstić information content (AvgIpc) is 2.74. The van der Waals surface area contributed by atoms with E-state index in [9.17, 15) is 23.9 Å². The summed E-state index contributed by atoms with van der Waals surface area (Å²) in [7, 11) is -4.98. The molecule has 0 radical (unpaired) electrons. The van der Waals surface area contributed by atoms with Crippen molar-refractivity contribution in [1.82, 2.24) is 9.55 Å². The number of aromatic amines is 1. The summed E-state index contributed by atoms with van der Waals surface area (Å²) in [6.45, 7) is -0.293. The lowest BCUT2D eigenvalue weighted by atomic mass is 10.2. The van der Waals surface area contributed by atoms with Crippen LogP contribution in [0.3, 0.4) is 0 Å². The second kappa shape index (κ2) is 5.26. The molecule has 0 amide bonds. The molecular weight excluding hydrogens is 275 g/mol. The third-order valence-corrected chi connectivity index (χ3v) is 3.27. The minimum absolute atomic E-state index is 0.208. The van der Waals surface area contributed by atoms with Crippen molar-refractivity contribution in [2.24, 2.45) is 0 Å². The summed E-state index contributed by atoms with van der Waals surface area (Å²) in [5.41, 5.74) is -0.365. The van der Waals surface area contributed by atoms with Crippen LogP contribution < -0.4 is 21.0 Å². The van der Waals surface area contributed by atoms with Crippen molar-refractivity contribution >= 4 is 7.82 Å². The van der Waals surface area contributed by atoms with Gasteiger partial charge in [-0.25, -0.2) is 4.79 Å². The van der Waals surface area contributed by atoms with Crippen molar-refractivity contribution in [3.8, 4) is 0 Å². The number of aromatic nitrogens is 2. The van der Waals surface area contributed by atoms with Crippen LogP contribution in [0.2, 0.25) is 0 Å². The Labute approximate surface area is 107 Å². The number of rotatable bonds is 4. The Balaban J connectivity index is 2.03. The Morgan fingerprint density at radius 3 is 2.84 bits per heavy atom. The van der Waals surface area contributed by atoms with Gasteiger partial charge in [0, 0.05) is 18.3 Å². The van der Waals surface area contributed by atoms with Crippen LogP contribution in [0.4, 0.5) is 0 Å². The Kier molecular flexibility index (Phi) is 3.86. The summed E-state index contributed by atoms with van der Waals surface area (Å²) in [6, 6.07) is 1.03. The third kappa shape index (κ3) is 3.74.